The van der Waals surface area contributed by atoms with E-state index in [9.17, 15) is 5.11 Å². The molecular formula is C16H20N2O2S. The second kappa shape index (κ2) is 6.56. The predicted molar refractivity (Wildman–Crippen MR) is 84.6 cm³/mol. The van der Waals surface area contributed by atoms with Crippen LogP contribution in [0.2, 0.25) is 0 Å². The summed E-state index contributed by atoms with van der Waals surface area (Å²) in [5, 5.41) is 12.7. The number of aliphatic hydroxyl groups excluding tert-OH is 1. The van der Waals surface area contributed by atoms with Crippen LogP contribution in [0.5, 0.6) is 5.75 Å². The molecule has 0 aliphatic carbocycles. The molecule has 0 saturated carbocycles. The van der Waals surface area contributed by atoms with Crippen LogP contribution in [-0.4, -0.2) is 41.3 Å². The minimum atomic E-state index is -0.121. The standard InChI is InChI=1S/C16H20N2O2S/c1-20-15-4-2-3-12(9-15)16-17-13(11-21-16)10-18-7-5-14(19)6-8-18/h2-4,9,11,14,19H,5-8,10H2,1H3. The number of aromatic nitrogens is 1. The molecule has 0 spiro atoms. The zero-order valence-corrected chi connectivity index (χ0v) is 13.0. The molecule has 0 atom stereocenters. The monoisotopic (exact) mass is 304 g/mol. The maximum atomic E-state index is 9.54. The molecule has 3 rings (SSSR count). The van der Waals surface area contributed by atoms with Crippen molar-refractivity contribution in [3.63, 3.8) is 0 Å². The molecule has 1 fully saturated rings. The Kier molecular flexibility index (Phi) is 4.53. The Morgan fingerprint density at radius 1 is 1.38 bits per heavy atom. The quantitative estimate of drug-likeness (QED) is 0.943. The molecule has 2 aromatic rings. The summed E-state index contributed by atoms with van der Waals surface area (Å²) in [7, 11) is 1.68. The summed E-state index contributed by atoms with van der Waals surface area (Å²) >= 11 is 1.67. The number of hydrogen-bond donors (Lipinski definition) is 1. The van der Waals surface area contributed by atoms with Gasteiger partial charge in [0.05, 0.1) is 18.9 Å². The number of likely N-dealkylation sites (tertiary alicyclic amines) is 1. The molecule has 1 aromatic carbocycles. The molecule has 1 N–H and O–H groups in total. The maximum Gasteiger partial charge on any atom is 0.123 e. The highest BCUT2D eigenvalue weighted by atomic mass is 32.1. The molecule has 5 heteroatoms. The van der Waals surface area contributed by atoms with E-state index in [-0.39, 0.29) is 6.10 Å². The lowest BCUT2D eigenvalue weighted by Crippen LogP contribution is -2.35. The molecule has 21 heavy (non-hydrogen) atoms. The lowest BCUT2D eigenvalue weighted by molar-refractivity contribution is 0.0787. The number of thiazole rings is 1. The first-order chi connectivity index (χ1) is 10.2. The number of nitrogens with zero attached hydrogens (tertiary/aromatic N) is 2. The Labute approximate surface area is 129 Å². The van der Waals surface area contributed by atoms with Crippen molar-refractivity contribution in [2.24, 2.45) is 0 Å². The van der Waals surface area contributed by atoms with Gasteiger partial charge < -0.3 is 9.84 Å². The molecular weight excluding hydrogens is 284 g/mol. The van der Waals surface area contributed by atoms with Crippen molar-refractivity contribution < 1.29 is 9.84 Å². The van der Waals surface area contributed by atoms with Gasteiger partial charge >= 0.3 is 0 Å². The first-order valence-corrected chi connectivity index (χ1v) is 8.12. The van der Waals surface area contributed by atoms with Crippen LogP contribution in [-0.2, 0) is 6.54 Å². The van der Waals surface area contributed by atoms with Gasteiger partial charge in [-0.3, -0.25) is 4.90 Å². The van der Waals surface area contributed by atoms with E-state index in [2.05, 4.69) is 16.3 Å². The summed E-state index contributed by atoms with van der Waals surface area (Å²) in [5.74, 6) is 0.856. The van der Waals surface area contributed by atoms with Gasteiger partial charge in [-0.15, -0.1) is 11.3 Å². The van der Waals surface area contributed by atoms with Crippen LogP contribution < -0.4 is 4.74 Å². The molecule has 1 aliphatic heterocycles. The van der Waals surface area contributed by atoms with E-state index in [0.29, 0.717) is 0 Å². The third kappa shape index (κ3) is 3.61. The summed E-state index contributed by atoms with van der Waals surface area (Å²) in [6.45, 7) is 2.77. The minimum Gasteiger partial charge on any atom is -0.497 e. The summed E-state index contributed by atoms with van der Waals surface area (Å²) < 4.78 is 5.26. The van der Waals surface area contributed by atoms with Crippen molar-refractivity contribution in [2.75, 3.05) is 20.2 Å². The zero-order chi connectivity index (χ0) is 14.7. The lowest BCUT2D eigenvalue weighted by Gasteiger charge is -2.28. The van der Waals surface area contributed by atoms with Crippen molar-refractivity contribution in [3.05, 3.63) is 35.3 Å². The van der Waals surface area contributed by atoms with E-state index in [0.717, 1.165) is 54.5 Å². The van der Waals surface area contributed by atoms with Crippen molar-refractivity contribution in [2.45, 2.75) is 25.5 Å². The van der Waals surface area contributed by atoms with Crippen LogP contribution in [0.25, 0.3) is 10.6 Å². The van der Waals surface area contributed by atoms with Gasteiger partial charge in [-0.25, -0.2) is 4.98 Å². The fourth-order valence-corrected chi connectivity index (χ4v) is 3.38. The number of benzene rings is 1. The Balaban J connectivity index is 1.68. The van der Waals surface area contributed by atoms with Crippen LogP contribution in [0.1, 0.15) is 18.5 Å². The first kappa shape index (κ1) is 14.5. The average molecular weight is 304 g/mol. The normalized spacial score (nSPS) is 17.0. The molecule has 1 aliphatic rings. The van der Waals surface area contributed by atoms with Crippen molar-refractivity contribution in [3.8, 4) is 16.3 Å². The third-order valence-corrected chi connectivity index (χ3v) is 4.75. The molecule has 0 amide bonds. The van der Waals surface area contributed by atoms with Crippen LogP contribution in [0.3, 0.4) is 0 Å². The largest absolute Gasteiger partial charge is 0.497 e. The maximum absolute atomic E-state index is 9.54. The number of piperidine rings is 1. The SMILES string of the molecule is COc1cccc(-c2nc(CN3CCC(O)CC3)cs2)c1. The summed E-state index contributed by atoms with van der Waals surface area (Å²) in [5.41, 5.74) is 2.20. The van der Waals surface area contributed by atoms with E-state index >= 15 is 0 Å². The highest BCUT2D eigenvalue weighted by Gasteiger charge is 2.18. The number of rotatable bonds is 4. The molecule has 0 radical (unpaired) electrons. The molecule has 112 valence electrons. The number of aliphatic hydroxyl groups is 1. The zero-order valence-electron chi connectivity index (χ0n) is 12.2. The summed E-state index contributed by atoms with van der Waals surface area (Å²) in [6, 6.07) is 8.00. The third-order valence-electron chi connectivity index (χ3n) is 3.81. The van der Waals surface area contributed by atoms with Crippen LogP contribution >= 0.6 is 11.3 Å². The Morgan fingerprint density at radius 3 is 2.95 bits per heavy atom. The average Bonchev–Trinajstić information content (AvgIpc) is 2.98. The van der Waals surface area contributed by atoms with Gasteiger partial charge in [0.1, 0.15) is 10.8 Å². The number of hydrogen-bond acceptors (Lipinski definition) is 5. The smallest absolute Gasteiger partial charge is 0.123 e. The summed E-state index contributed by atoms with van der Waals surface area (Å²) in [4.78, 5) is 7.09. The molecule has 0 bridgehead atoms. The van der Waals surface area contributed by atoms with E-state index in [1.807, 2.05) is 18.2 Å². The van der Waals surface area contributed by atoms with Gasteiger partial charge in [0.15, 0.2) is 0 Å². The fraction of sp³-hybridized carbons (Fsp3) is 0.438. The van der Waals surface area contributed by atoms with Crippen molar-refractivity contribution in [1.82, 2.24) is 9.88 Å². The molecule has 0 unspecified atom stereocenters. The van der Waals surface area contributed by atoms with E-state index in [1.54, 1.807) is 18.4 Å². The Hall–Kier alpha value is -1.43. The predicted octanol–water partition coefficient (Wildman–Crippen LogP) is 2.78. The second-order valence-corrected chi connectivity index (χ2v) is 6.24. The highest BCUT2D eigenvalue weighted by Crippen LogP contribution is 2.27. The van der Waals surface area contributed by atoms with Crippen LogP contribution in [0.4, 0.5) is 0 Å². The summed E-state index contributed by atoms with van der Waals surface area (Å²) in [6.07, 6.45) is 1.61. The Morgan fingerprint density at radius 2 is 2.19 bits per heavy atom. The molecule has 4 nitrogen and oxygen atoms in total. The topological polar surface area (TPSA) is 45.6 Å². The fourth-order valence-electron chi connectivity index (χ4n) is 2.57. The van der Waals surface area contributed by atoms with Crippen LogP contribution in [0.15, 0.2) is 29.6 Å². The van der Waals surface area contributed by atoms with Crippen LogP contribution in [0, 0.1) is 0 Å². The molecule has 1 saturated heterocycles. The lowest BCUT2D eigenvalue weighted by atomic mass is 10.1. The van der Waals surface area contributed by atoms with Gasteiger partial charge in [0.2, 0.25) is 0 Å². The van der Waals surface area contributed by atoms with E-state index < -0.39 is 0 Å². The van der Waals surface area contributed by atoms with E-state index in [4.69, 9.17) is 9.72 Å². The highest BCUT2D eigenvalue weighted by molar-refractivity contribution is 7.13. The first-order valence-electron chi connectivity index (χ1n) is 7.24. The van der Waals surface area contributed by atoms with Gasteiger partial charge in [-0.05, 0) is 25.0 Å². The molecule has 2 heterocycles. The van der Waals surface area contributed by atoms with Crippen molar-refractivity contribution in [1.29, 1.82) is 0 Å². The molecule has 1 aromatic heterocycles. The van der Waals surface area contributed by atoms with Gasteiger partial charge in [0, 0.05) is 30.6 Å². The number of ether oxygens (including phenoxy) is 1. The van der Waals surface area contributed by atoms with E-state index in [1.165, 1.54) is 0 Å². The van der Waals surface area contributed by atoms with Gasteiger partial charge in [-0.2, -0.15) is 0 Å². The van der Waals surface area contributed by atoms with Gasteiger partial charge in [-0.1, -0.05) is 12.1 Å². The minimum absolute atomic E-state index is 0.121. The van der Waals surface area contributed by atoms with Gasteiger partial charge in [0.25, 0.3) is 0 Å². The second-order valence-electron chi connectivity index (χ2n) is 5.38. The van der Waals surface area contributed by atoms with Crippen molar-refractivity contribution >= 4 is 11.3 Å². The number of methoxy groups -OCH3 is 1. The Bertz CT molecular complexity index is 591.